The lowest BCUT2D eigenvalue weighted by atomic mass is 9.68. The van der Waals surface area contributed by atoms with Crippen molar-refractivity contribution < 1.29 is 18.3 Å². The lowest BCUT2D eigenvalue weighted by molar-refractivity contribution is 0.0737. The molecule has 1 aromatic rings. The maximum Gasteiger partial charge on any atom is 0.251 e. The Hall–Kier alpha value is -1.44. The number of nitrogens with zero attached hydrogens (tertiary/aromatic N) is 1. The van der Waals surface area contributed by atoms with Crippen LogP contribution in [-0.2, 0) is 10.0 Å². The third-order valence-electron chi connectivity index (χ3n) is 7.74. The van der Waals surface area contributed by atoms with Crippen LogP contribution < -0.4 is 5.32 Å². The third kappa shape index (κ3) is 3.31. The summed E-state index contributed by atoms with van der Waals surface area (Å²) in [5.41, 5.74) is 1.12. The Kier molecular flexibility index (Phi) is 4.87. The van der Waals surface area contributed by atoms with Crippen LogP contribution in [0.25, 0.3) is 0 Å². The largest absolute Gasteiger partial charge is 0.392 e. The summed E-state index contributed by atoms with van der Waals surface area (Å²) in [6.45, 7) is 8.87. The number of fused-ring (bicyclic) bond motifs is 2. The molecule has 1 aliphatic heterocycles. The smallest absolute Gasteiger partial charge is 0.251 e. The molecule has 1 unspecified atom stereocenters. The van der Waals surface area contributed by atoms with Gasteiger partial charge in [-0.2, -0.15) is 4.31 Å². The van der Waals surface area contributed by atoms with E-state index in [1.807, 2.05) is 0 Å². The highest BCUT2D eigenvalue weighted by Crippen LogP contribution is 2.62. The van der Waals surface area contributed by atoms with Crippen molar-refractivity contribution >= 4 is 15.9 Å². The summed E-state index contributed by atoms with van der Waals surface area (Å²) >= 11 is 0. The molecule has 0 aromatic heterocycles. The van der Waals surface area contributed by atoms with Gasteiger partial charge in [0, 0.05) is 24.7 Å². The first kappa shape index (κ1) is 20.8. The fourth-order valence-corrected chi connectivity index (χ4v) is 7.71. The monoisotopic (exact) mass is 420 g/mol. The number of aliphatic hydroxyl groups is 1. The Morgan fingerprint density at radius 1 is 1.24 bits per heavy atom. The summed E-state index contributed by atoms with van der Waals surface area (Å²) in [5, 5.41) is 13.0. The Morgan fingerprint density at radius 2 is 1.97 bits per heavy atom. The topological polar surface area (TPSA) is 86.7 Å². The number of hydrogen-bond donors (Lipinski definition) is 2. The fraction of sp³-hybridized carbons (Fsp3) is 0.682. The fourth-order valence-electron chi connectivity index (χ4n) is 5.96. The van der Waals surface area contributed by atoms with Gasteiger partial charge >= 0.3 is 0 Å². The van der Waals surface area contributed by atoms with Gasteiger partial charge in [-0.15, -0.1) is 0 Å². The molecule has 2 saturated carbocycles. The normalized spacial score (nSPS) is 33.9. The number of benzene rings is 1. The summed E-state index contributed by atoms with van der Waals surface area (Å²) in [7, 11) is -3.74. The number of rotatable bonds is 4. The van der Waals surface area contributed by atoms with Gasteiger partial charge in [-0.3, -0.25) is 4.79 Å². The van der Waals surface area contributed by atoms with Crippen molar-refractivity contribution in [2.45, 2.75) is 70.4 Å². The van der Waals surface area contributed by atoms with Crippen LogP contribution >= 0.6 is 0 Å². The summed E-state index contributed by atoms with van der Waals surface area (Å²) in [6.07, 6.45) is 3.28. The molecule has 0 spiro atoms. The molecule has 1 amide bonds. The van der Waals surface area contributed by atoms with E-state index < -0.39 is 16.1 Å². The van der Waals surface area contributed by atoms with Crippen molar-refractivity contribution in [3.8, 4) is 0 Å². The number of sulfonamides is 1. The summed E-state index contributed by atoms with van der Waals surface area (Å²) in [6, 6.07) is 4.97. The number of aliphatic hydroxyl groups excluding tert-OH is 1. The van der Waals surface area contributed by atoms with Crippen molar-refractivity contribution in [3.63, 3.8) is 0 Å². The molecule has 7 heteroatoms. The van der Waals surface area contributed by atoms with E-state index in [-0.39, 0.29) is 34.2 Å². The second-order valence-electron chi connectivity index (χ2n) is 10.1. The molecule has 1 aromatic carbocycles. The molecule has 2 aliphatic carbocycles. The van der Waals surface area contributed by atoms with E-state index in [2.05, 4.69) is 26.1 Å². The Balaban J connectivity index is 1.60. The zero-order valence-electron chi connectivity index (χ0n) is 17.7. The predicted octanol–water partition coefficient (Wildman–Crippen LogP) is 2.69. The van der Waals surface area contributed by atoms with Crippen LogP contribution in [0.1, 0.15) is 62.4 Å². The molecule has 29 heavy (non-hydrogen) atoms. The molecule has 3 fully saturated rings. The number of nitrogens with one attached hydrogen (secondary N) is 1. The maximum absolute atomic E-state index is 13.1. The van der Waals surface area contributed by atoms with E-state index in [0.717, 1.165) is 12.8 Å². The van der Waals surface area contributed by atoms with Gasteiger partial charge in [-0.1, -0.05) is 26.8 Å². The molecule has 3 aliphatic rings. The lowest BCUT2D eigenvalue weighted by Crippen LogP contribution is -2.52. The Labute approximate surface area is 173 Å². The Morgan fingerprint density at radius 3 is 2.55 bits per heavy atom. The second kappa shape index (κ2) is 6.79. The lowest BCUT2D eigenvalue weighted by Gasteiger charge is -2.43. The molecule has 0 radical (unpaired) electrons. The zero-order chi connectivity index (χ0) is 21.2. The zero-order valence-corrected chi connectivity index (χ0v) is 18.6. The van der Waals surface area contributed by atoms with Crippen molar-refractivity contribution in [1.29, 1.82) is 0 Å². The molecular formula is C22H32N2O4S. The number of amides is 1. The first-order valence-corrected chi connectivity index (χ1v) is 12.0. The van der Waals surface area contributed by atoms with E-state index in [9.17, 15) is 18.3 Å². The first-order valence-electron chi connectivity index (χ1n) is 10.5. The van der Waals surface area contributed by atoms with Crippen molar-refractivity contribution in [1.82, 2.24) is 9.62 Å². The van der Waals surface area contributed by atoms with Crippen LogP contribution in [0.15, 0.2) is 23.1 Å². The Bertz CT molecular complexity index is 937. The standard InChI is InChI=1S/C22H32N2O4S/c1-14-5-6-15(11-18(14)29(27,28)24-10-8-17(25)13-24)19(26)23-20-21(2,3)16-7-9-22(20,4)12-16/h5-6,11,16-17,20,25H,7-10,12-13H2,1-4H3,(H,23,26)/t16-,17+,20?,22-/m0/s1. The van der Waals surface area contributed by atoms with Crippen LogP contribution in [0.3, 0.4) is 0 Å². The minimum atomic E-state index is -3.74. The van der Waals surface area contributed by atoms with Crippen molar-refractivity contribution in [2.75, 3.05) is 13.1 Å². The number of β-amino-alcohol motifs (C(OH)–C–C–N with tert-alkyl or cyclic N) is 1. The van der Waals surface area contributed by atoms with E-state index in [1.54, 1.807) is 19.1 Å². The third-order valence-corrected chi connectivity index (χ3v) is 9.75. The number of aryl methyl sites for hydroxylation is 1. The van der Waals surface area contributed by atoms with E-state index in [0.29, 0.717) is 30.0 Å². The summed E-state index contributed by atoms with van der Waals surface area (Å²) in [4.78, 5) is 13.3. The maximum atomic E-state index is 13.1. The van der Waals surface area contributed by atoms with Gasteiger partial charge in [0.25, 0.3) is 5.91 Å². The molecule has 2 N–H and O–H groups in total. The number of hydrogen-bond acceptors (Lipinski definition) is 4. The van der Waals surface area contributed by atoms with E-state index in [1.165, 1.54) is 16.8 Å². The molecular weight excluding hydrogens is 388 g/mol. The van der Waals surface area contributed by atoms with Gasteiger partial charge in [0.2, 0.25) is 10.0 Å². The SMILES string of the molecule is Cc1ccc(C(=O)NC2C(C)(C)[C@H]3CC[C@@]2(C)C3)cc1S(=O)(=O)N1CC[C@@H](O)C1. The molecule has 6 nitrogen and oxygen atoms in total. The summed E-state index contributed by atoms with van der Waals surface area (Å²) in [5.74, 6) is 0.406. The van der Waals surface area contributed by atoms with Crippen LogP contribution in [0.5, 0.6) is 0 Å². The highest BCUT2D eigenvalue weighted by Gasteiger charge is 2.59. The van der Waals surface area contributed by atoms with Crippen LogP contribution in [-0.4, -0.2) is 49.0 Å². The number of carbonyl (C=O) groups excluding carboxylic acids is 1. The first-order chi connectivity index (χ1) is 13.4. The van der Waals surface area contributed by atoms with Gasteiger partial charge in [0.1, 0.15) is 0 Å². The summed E-state index contributed by atoms with van der Waals surface area (Å²) < 4.78 is 27.4. The van der Waals surface area contributed by atoms with Crippen molar-refractivity contribution in [3.05, 3.63) is 29.3 Å². The minimum Gasteiger partial charge on any atom is -0.392 e. The van der Waals surface area contributed by atoms with Gasteiger partial charge < -0.3 is 10.4 Å². The van der Waals surface area contributed by atoms with Crippen molar-refractivity contribution in [2.24, 2.45) is 16.7 Å². The minimum absolute atomic E-state index is 0.0357. The molecule has 1 saturated heterocycles. The molecule has 4 atom stereocenters. The highest BCUT2D eigenvalue weighted by atomic mass is 32.2. The van der Waals surface area contributed by atoms with E-state index >= 15 is 0 Å². The molecule has 4 rings (SSSR count). The van der Waals surface area contributed by atoms with Gasteiger partial charge in [-0.25, -0.2) is 8.42 Å². The van der Waals surface area contributed by atoms with E-state index in [4.69, 9.17) is 0 Å². The van der Waals surface area contributed by atoms with Crippen LogP contribution in [0.4, 0.5) is 0 Å². The molecule has 2 bridgehead atoms. The van der Waals surface area contributed by atoms with Gasteiger partial charge in [0.05, 0.1) is 11.0 Å². The quantitative estimate of drug-likeness (QED) is 0.784. The molecule has 160 valence electrons. The molecule has 1 heterocycles. The van der Waals surface area contributed by atoms with Crippen LogP contribution in [0.2, 0.25) is 0 Å². The second-order valence-corrected chi connectivity index (χ2v) is 12.0. The average Bonchev–Trinajstić information content (AvgIpc) is 3.30. The predicted molar refractivity (Wildman–Crippen MR) is 111 cm³/mol. The highest BCUT2D eigenvalue weighted by molar-refractivity contribution is 7.89. The van der Waals surface area contributed by atoms with Gasteiger partial charge in [0.15, 0.2) is 0 Å². The van der Waals surface area contributed by atoms with Gasteiger partial charge in [-0.05, 0) is 67.1 Å². The number of carbonyl (C=O) groups is 1. The van der Waals surface area contributed by atoms with Crippen LogP contribution in [0, 0.1) is 23.7 Å². The average molecular weight is 421 g/mol.